The molecule has 0 aliphatic heterocycles. The Kier molecular flexibility index (Phi) is 6.35. The minimum absolute atomic E-state index is 0.308. The predicted molar refractivity (Wildman–Crippen MR) is 119 cm³/mol. The molecule has 8 nitrogen and oxygen atoms in total. The van der Waals surface area contributed by atoms with Gasteiger partial charge in [0.1, 0.15) is 5.69 Å². The fraction of sp³-hybridized carbons (Fsp3) is 0.348. The summed E-state index contributed by atoms with van der Waals surface area (Å²) < 4.78 is 12.7. The molecule has 3 aromatic rings. The molecule has 0 saturated heterocycles. The van der Waals surface area contributed by atoms with Gasteiger partial charge in [-0.05, 0) is 49.9 Å². The molecule has 0 fully saturated rings. The van der Waals surface area contributed by atoms with Crippen LogP contribution in [0.25, 0.3) is 11.4 Å². The van der Waals surface area contributed by atoms with E-state index < -0.39 is 0 Å². The van der Waals surface area contributed by atoms with Crippen molar-refractivity contribution in [2.45, 2.75) is 32.2 Å². The normalized spacial score (nSPS) is 12.7. The highest BCUT2D eigenvalue weighted by atomic mass is 16.5. The van der Waals surface area contributed by atoms with Crippen LogP contribution in [0, 0.1) is 0 Å². The second-order valence-corrected chi connectivity index (χ2v) is 7.34. The monoisotopic (exact) mass is 421 g/mol. The van der Waals surface area contributed by atoms with Crippen molar-refractivity contribution >= 4 is 11.7 Å². The van der Waals surface area contributed by atoms with Crippen molar-refractivity contribution < 1.29 is 14.3 Å². The van der Waals surface area contributed by atoms with Crippen LogP contribution in [-0.2, 0) is 19.4 Å². The molecule has 4 rings (SSSR count). The number of hydrogen-bond acceptors (Lipinski definition) is 5. The van der Waals surface area contributed by atoms with Crippen molar-refractivity contribution in [3.05, 3.63) is 53.9 Å². The first-order chi connectivity index (χ1) is 15.2. The highest BCUT2D eigenvalue weighted by molar-refractivity contribution is 5.91. The Bertz CT molecular complexity index is 1050. The van der Waals surface area contributed by atoms with Gasteiger partial charge in [0.05, 0.1) is 32.1 Å². The Morgan fingerprint density at radius 3 is 2.74 bits per heavy atom. The van der Waals surface area contributed by atoms with Gasteiger partial charge in [-0.1, -0.05) is 12.1 Å². The number of benzene rings is 1. The summed E-state index contributed by atoms with van der Waals surface area (Å²) in [6.07, 6.45) is 6.14. The molecule has 31 heavy (non-hydrogen) atoms. The summed E-state index contributed by atoms with van der Waals surface area (Å²) in [5, 5.41) is 10.6. The number of fused-ring (bicyclic) bond motifs is 1. The maximum absolute atomic E-state index is 12.4. The van der Waals surface area contributed by atoms with Crippen molar-refractivity contribution in [1.82, 2.24) is 20.1 Å². The Morgan fingerprint density at radius 1 is 1.10 bits per heavy atom. The molecule has 8 heteroatoms. The van der Waals surface area contributed by atoms with Crippen LogP contribution >= 0.6 is 0 Å². The molecule has 2 amide bonds. The molecule has 0 radical (unpaired) electrons. The number of ether oxygens (including phenoxy) is 2. The number of carbonyl (C=O) groups is 1. The number of urea groups is 1. The summed E-state index contributed by atoms with van der Waals surface area (Å²) in [7, 11) is 3.10. The molecule has 2 heterocycles. The zero-order valence-corrected chi connectivity index (χ0v) is 17.9. The molecule has 0 spiro atoms. The number of methoxy groups -OCH3 is 2. The molecule has 2 N–H and O–H groups in total. The summed E-state index contributed by atoms with van der Waals surface area (Å²) >= 11 is 0. The highest BCUT2D eigenvalue weighted by Crippen LogP contribution is 2.34. The van der Waals surface area contributed by atoms with Crippen LogP contribution in [0.15, 0.2) is 42.6 Å². The molecular weight excluding hydrogens is 394 g/mol. The van der Waals surface area contributed by atoms with Crippen LogP contribution < -0.4 is 20.1 Å². The van der Waals surface area contributed by atoms with E-state index in [0.29, 0.717) is 30.3 Å². The number of amides is 2. The summed E-state index contributed by atoms with van der Waals surface area (Å²) in [5.74, 6) is 1.05. The quantitative estimate of drug-likeness (QED) is 0.608. The van der Waals surface area contributed by atoms with Crippen molar-refractivity contribution in [3.63, 3.8) is 0 Å². The van der Waals surface area contributed by atoms with E-state index in [1.807, 2.05) is 22.9 Å². The van der Waals surface area contributed by atoms with E-state index in [4.69, 9.17) is 14.6 Å². The van der Waals surface area contributed by atoms with E-state index in [1.54, 1.807) is 38.6 Å². The minimum atomic E-state index is -0.308. The predicted octanol–water partition coefficient (Wildman–Crippen LogP) is 3.66. The topological polar surface area (TPSA) is 90.3 Å². The van der Waals surface area contributed by atoms with Crippen molar-refractivity contribution in [3.8, 4) is 22.9 Å². The highest BCUT2D eigenvalue weighted by Gasteiger charge is 2.22. The smallest absolute Gasteiger partial charge is 0.319 e. The van der Waals surface area contributed by atoms with Gasteiger partial charge in [0.2, 0.25) is 0 Å². The van der Waals surface area contributed by atoms with E-state index in [2.05, 4.69) is 15.6 Å². The standard InChI is InChI=1S/C23H27N5O3/c1-30-20-12-7-10-18(22(20)31-2)26-23(29)25-14-15-28-19-11-4-3-8-16(19)21(27-28)17-9-5-6-13-24-17/h5-7,9-10,12-13H,3-4,8,11,14-15H2,1-2H3,(H2,25,26,29). The van der Waals surface area contributed by atoms with Crippen LogP contribution in [0.2, 0.25) is 0 Å². The zero-order valence-electron chi connectivity index (χ0n) is 17.9. The third-order valence-corrected chi connectivity index (χ3v) is 5.42. The van der Waals surface area contributed by atoms with Gasteiger partial charge in [-0.25, -0.2) is 4.79 Å². The molecule has 0 unspecified atom stereocenters. The zero-order chi connectivity index (χ0) is 21.6. The Morgan fingerprint density at radius 2 is 1.97 bits per heavy atom. The third-order valence-electron chi connectivity index (χ3n) is 5.42. The number of aromatic nitrogens is 3. The van der Waals surface area contributed by atoms with E-state index >= 15 is 0 Å². The molecule has 0 bridgehead atoms. The van der Waals surface area contributed by atoms with Crippen molar-refractivity contribution in [1.29, 1.82) is 0 Å². The summed E-state index contributed by atoms with van der Waals surface area (Å²) in [4.78, 5) is 16.9. The molecule has 1 aromatic carbocycles. The van der Waals surface area contributed by atoms with Crippen LogP contribution in [0.1, 0.15) is 24.1 Å². The molecule has 162 valence electrons. The number of nitrogens with one attached hydrogen (secondary N) is 2. The Balaban J connectivity index is 1.42. The van der Waals surface area contributed by atoms with Crippen LogP contribution in [-0.4, -0.2) is 41.6 Å². The van der Waals surface area contributed by atoms with Gasteiger partial charge in [0.15, 0.2) is 11.5 Å². The molecule has 1 aliphatic rings. The van der Waals surface area contributed by atoms with Crippen molar-refractivity contribution in [2.24, 2.45) is 0 Å². The number of anilines is 1. The first-order valence-electron chi connectivity index (χ1n) is 10.5. The van der Waals surface area contributed by atoms with E-state index in [-0.39, 0.29) is 6.03 Å². The largest absolute Gasteiger partial charge is 0.493 e. The van der Waals surface area contributed by atoms with Crippen LogP contribution in [0.3, 0.4) is 0 Å². The first-order valence-corrected chi connectivity index (χ1v) is 10.5. The average Bonchev–Trinajstić information content (AvgIpc) is 3.18. The maximum Gasteiger partial charge on any atom is 0.319 e. The van der Waals surface area contributed by atoms with Gasteiger partial charge in [-0.3, -0.25) is 9.67 Å². The summed E-state index contributed by atoms with van der Waals surface area (Å²) in [5.41, 5.74) is 4.95. The fourth-order valence-corrected chi connectivity index (χ4v) is 3.99. The number of rotatable bonds is 7. The van der Waals surface area contributed by atoms with Crippen molar-refractivity contribution in [2.75, 3.05) is 26.1 Å². The second kappa shape index (κ2) is 9.51. The summed E-state index contributed by atoms with van der Waals surface area (Å²) in [6, 6.07) is 10.9. The molecule has 2 aromatic heterocycles. The lowest BCUT2D eigenvalue weighted by atomic mass is 9.95. The van der Waals surface area contributed by atoms with E-state index in [1.165, 1.54) is 17.7 Å². The lowest BCUT2D eigenvalue weighted by Gasteiger charge is -2.15. The second-order valence-electron chi connectivity index (χ2n) is 7.34. The fourth-order valence-electron chi connectivity index (χ4n) is 3.99. The number of nitrogens with zero attached hydrogens (tertiary/aromatic N) is 3. The third kappa shape index (κ3) is 4.47. The SMILES string of the molecule is COc1cccc(NC(=O)NCCn2nc(-c3ccccn3)c3c2CCCC3)c1OC. The molecule has 0 saturated carbocycles. The van der Waals surface area contributed by atoms with Gasteiger partial charge >= 0.3 is 6.03 Å². The lowest BCUT2D eigenvalue weighted by molar-refractivity contribution is 0.251. The van der Waals surface area contributed by atoms with Gasteiger partial charge in [-0.2, -0.15) is 5.10 Å². The number of hydrogen-bond donors (Lipinski definition) is 2. The maximum atomic E-state index is 12.4. The average molecular weight is 422 g/mol. The number of para-hydroxylation sites is 1. The molecule has 1 aliphatic carbocycles. The van der Waals surface area contributed by atoms with Crippen LogP contribution in [0.4, 0.5) is 10.5 Å². The first kappa shape index (κ1) is 20.7. The van der Waals surface area contributed by atoms with Gasteiger partial charge in [-0.15, -0.1) is 0 Å². The van der Waals surface area contributed by atoms with E-state index in [9.17, 15) is 4.79 Å². The number of carbonyl (C=O) groups excluding carboxylic acids is 1. The molecule has 0 atom stereocenters. The Labute approximate surface area is 181 Å². The van der Waals surface area contributed by atoms with Crippen LogP contribution in [0.5, 0.6) is 11.5 Å². The summed E-state index contributed by atoms with van der Waals surface area (Å²) in [6.45, 7) is 1.05. The van der Waals surface area contributed by atoms with E-state index in [0.717, 1.165) is 30.7 Å². The number of pyridine rings is 1. The van der Waals surface area contributed by atoms with Gasteiger partial charge < -0.3 is 20.1 Å². The minimum Gasteiger partial charge on any atom is -0.493 e. The van der Waals surface area contributed by atoms with Gasteiger partial charge in [0.25, 0.3) is 0 Å². The van der Waals surface area contributed by atoms with Gasteiger partial charge in [0, 0.05) is 24.0 Å². The molecular formula is C23H27N5O3. The lowest BCUT2D eigenvalue weighted by Crippen LogP contribution is -2.32. The Hall–Kier alpha value is -3.55.